The van der Waals surface area contributed by atoms with Crippen molar-refractivity contribution in [3.8, 4) is 23.0 Å². The van der Waals surface area contributed by atoms with E-state index in [0.29, 0.717) is 62.9 Å². The Morgan fingerprint density at radius 1 is 0.426 bits per heavy atom. The van der Waals surface area contributed by atoms with Crippen LogP contribution in [0.5, 0.6) is 23.0 Å². The topological polar surface area (TPSA) is 178 Å². The van der Waals surface area contributed by atoms with Crippen LogP contribution in [0.25, 0.3) is 0 Å². The molecule has 4 aromatic rings. The third-order valence-electron chi connectivity index (χ3n) is 11.9. The van der Waals surface area contributed by atoms with Gasteiger partial charge in [0.1, 0.15) is 23.0 Å². The van der Waals surface area contributed by atoms with Crippen molar-refractivity contribution in [3.05, 3.63) is 115 Å². The van der Waals surface area contributed by atoms with Crippen LogP contribution in [-0.4, -0.2) is 72.1 Å². The van der Waals surface area contributed by atoms with Crippen molar-refractivity contribution in [2.45, 2.75) is 144 Å². The number of carboxylic acids is 3. The number of hydrogen-bond acceptors (Lipinski definition) is 8. The summed E-state index contributed by atoms with van der Waals surface area (Å²) < 4.78 is 25.6. The van der Waals surface area contributed by atoms with E-state index >= 15 is 0 Å². The van der Waals surface area contributed by atoms with Gasteiger partial charge >= 0.3 is 17.9 Å². The molecular formula is C55H71NO11Tb. The predicted molar refractivity (Wildman–Crippen MR) is 260 cm³/mol. The molecule has 0 fully saturated rings. The first-order valence-electron chi connectivity index (χ1n) is 23.1. The van der Waals surface area contributed by atoms with Crippen molar-refractivity contribution in [2.24, 2.45) is 0 Å². The van der Waals surface area contributed by atoms with E-state index in [-0.39, 0.29) is 93.1 Å². The van der Waals surface area contributed by atoms with Gasteiger partial charge in [-0.25, -0.2) is 14.4 Å². The van der Waals surface area contributed by atoms with Crippen molar-refractivity contribution in [1.29, 1.82) is 0 Å². The fraction of sp³-hybridized carbons (Fsp3) is 0.491. The van der Waals surface area contributed by atoms with Crippen LogP contribution < -0.4 is 24.3 Å². The first-order valence-corrected chi connectivity index (χ1v) is 23.1. The summed E-state index contributed by atoms with van der Waals surface area (Å²) in [6.07, 6.45) is 1.50. The van der Waals surface area contributed by atoms with Crippen molar-refractivity contribution < 1.29 is 92.1 Å². The third kappa shape index (κ3) is 14.6. The Hall–Kier alpha value is -4.75. The van der Waals surface area contributed by atoms with Gasteiger partial charge in [-0.3, -0.25) is 4.79 Å². The molecule has 4 aromatic carbocycles. The normalized spacial score (nSPS) is 12.9. The monoisotopic (exact) mass is 1080 g/mol. The van der Waals surface area contributed by atoms with Gasteiger partial charge in [0.25, 0.3) is 5.91 Å². The Morgan fingerprint density at radius 3 is 0.809 bits per heavy atom. The maximum atomic E-state index is 13.3. The van der Waals surface area contributed by atoms with E-state index in [9.17, 15) is 34.5 Å². The molecule has 1 aliphatic rings. The molecule has 8 bridgehead atoms. The number of carbonyl (C=O) groups excluding carboxylic acids is 1. The summed E-state index contributed by atoms with van der Waals surface area (Å²) in [5.41, 5.74) is 7.81. The predicted octanol–water partition coefficient (Wildman–Crippen LogP) is 9.85. The van der Waals surface area contributed by atoms with Gasteiger partial charge in [0.15, 0.2) is 26.4 Å². The maximum Gasteiger partial charge on any atom is 0.341 e. The number of aliphatic carboxylic acids is 3. The number of carboxylic acid groups (broad SMARTS) is 3. The largest absolute Gasteiger partial charge is 0.483 e. The minimum absolute atomic E-state index is 0. The zero-order valence-corrected chi connectivity index (χ0v) is 44.3. The van der Waals surface area contributed by atoms with Crippen LogP contribution >= 0.6 is 0 Å². The quantitative estimate of drug-likeness (QED) is 0.0832. The first kappa shape index (κ1) is 55.8. The van der Waals surface area contributed by atoms with E-state index in [2.05, 4.69) is 101 Å². The molecule has 0 atom stereocenters. The summed E-state index contributed by atoms with van der Waals surface area (Å²) in [4.78, 5) is 50.2. The number of nitrogens with one attached hydrogen (secondary N) is 1. The molecule has 1 amide bonds. The summed E-state index contributed by atoms with van der Waals surface area (Å²) in [5.74, 6) is -2.22. The number of benzene rings is 4. The Balaban J connectivity index is 0.0000101. The molecule has 371 valence electrons. The van der Waals surface area contributed by atoms with Gasteiger partial charge in [0, 0.05) is 70.8 Å². The Kier molecular flexibility index (Phi) is 18.3. The molecule has 68 heavy (non-hydrogen) atoms. The summed E-state index contributed by atoms with van der Waals surface area (Å²) in [5, 5.41) is 33.1. The minimum atomic E-state index is -1.17. The molecule has 12 nitrogen and oxygen atoms in total. The van der Waals surface area contributed by atoms with Gasteiger partial charge in [-0.15, -0.1) is 0 Å². The van der Waals surface area contributed by atoms with Crippen LogP contribution in [0.2, 0.25) is 0 Å². The molecule has 5 rings (SSSR count). The van der Waals surface area contributed by atoms with Crippen LogP contribution in [0.3, 0.4) is 0 Å². The molecule has 0 aliphatic heterocycles. The zero-order chi connectivity index (χ0) is 49.8. The molecule has 4 N–H and O–H groups in total. The van der Waals surface area contributed by atoms with Crippen LogP contribution in [0.1, 0.15) is 163 Å². The summed E-state index contributed by atoms with van der Waals surface area (Å²) in [7, 11) is 0. The zero-order valence-electron chi connectivity index (χ0n) is 42.1. The average Bonchev–Trinajstić information content (AvgIpc) is 3.19. The Morgan fingerprint density at radius 2 is 0.632 bits per heavy atom. The van der Waals surface area contributed by atoms with Gasteiger partial charge in [0.2, 0.25) is 0 Å². The van der Waals surface area contributed by atoms with E-state index in [0.717, 1.165) is 39.8 Å². The summed E-state index contributed by atoms with van der Waals surface area (Å²) >= 11 is 0. The van der Waals surface area contributed by atoms with Crippen LogP contribution in [0.4, 0.5) is 0 Å². The fourth-order valence-corrected chi connectivity index (χ4v) is 8.22. The van der Waals surface area contributed by atoms with Gasteiger partial charge in [-0.1, -0.05) is 139 Å². The van der Waals surface area contributed by atoms with Gasteiger partial charge < -0.3 is 39.6 Å². The second kappa shape index (κ2) is 22.3. The van der Waals surface area contributed by atoms with Crippen molar-refractivity contribution in [3.63, 3.8) is 0 Å². The second-order valence-corrected chi connectivity index (χ2v) is 21.9. The molecule has 0 saturated heterocycles. The molecule has 1 aliphatic carbocycles. The molecule has 0 aromatic heterocycles. The fourth-order valence-electron chi connectivity index (χ4n) is 8.22. The number of rotatable bonds is 14. The molecular weight excluding hydrogens is 1010 g/mol. The third-order valence-corrected chi connectivity index (χ3v) is 11.9. The number of carbonyl (C=O) groups is 4. The van der Waals surface area contributed by atoms with Gasteiger partial charge in [-0.2, -0.15) is 0 Å². The minimum Gasteiger partial charge on any atom is -0.483 e. The molecule has 13 heteroatoms. The molecule has 0 heterocycles. The van der Waals surface area contributed by atoms with E-state index in [4.69, 9.17) is 18.9 Å². The summed E-state index contributed by atoms with van der Waals surface area (Å²) in [6.45, 7) is 25.5. The SMILES string of the molecule is CCCNC(=O)COc1c2cc(C(C)(C)C)cc1Cc1cc(C(C)(C)C)cc(c1OCC(=O)O)Cc1cc(C(C)(C)C)cc(c1OCC(=O)O)Cc1cc(C(C)(C)C)cc(c1OCC(=O)O)C2.[Tb]. The number of amides is 1. The molecule has 0 saturated carbocycles. The van der Waals surface area contributed by atoms with E-state index in [1.807, 2.05) is 43.3 Å². The average molecular weight is 1080 g/mol. The van der Waals surface area contributed by atoms with Crippen molar-refractivity contribution in [1.82, 2.24) is 5.32 Å². The molecule has 0 unspecified atom stereocenters. The Bertz CT molecular complexity index is 2380. The van der Waals surface area contributed by atoms with Crippen molar-refractivity contribution >= 4 is 23.8 Å². The van der Waals surface area contributed by atoms with E-state index in [1.165, 1.54) is 0 Å². The molecule has 1 radical (unpaired) electrons. The second-order valence-electron chi connectivity index (χ2n) is 21.9. The van der Waals surface area contributed by atoms with Crippen LogP contribution in [0.15, 0.2) is 48.5 Å². The van der Waals surface area contributed by atoms with E-state index < -0.39 is 43.1 Å². The first-order chi connectivity index (χ1) is 31.0. The smallest absolute Gasteiger partial charge is 0.341 e. The molecule has 0 spiro atoms. The van der Waals surface area contributed by atoms with Gasteiger partial charge in [0.05, 0.1) is 0 Å². The standard InChI is InChI=1S/C55H71NO11.Tb/c1-14-15-56-44(57)28-64-48-32-16-34-22-41(53(5,6)7)24-36(49(34)65-29-45(58)59)18-38-26-43(55(11,12)13)27-39(51(38)67-31-47(62)63)19-37-25-42(54(8,9)10)23-35(50(37)66-30-46(60)61)17-33(48)21-40(20-32)52(2,3)4;/h20-27H,14-19,28-31H2,1-13H3,(H,56,57)(H,58,59)(H,60,61)(H,62,63);. The summed E-state index contributed by atoms with van der Waals surface area (Å²) in [6, 6.07) is 16.3. The van der Waals surface area contributed by atoms with Crippen LogP contribution in [0, 0.1) is 38.6 Å². The van der Waals surface area contributed by atoms with Gasteiger partial charge in [-0.05, 0) is 94.8 Å². The van der Waals surface area contributed by atoms with Crippen LogP contribution in [-0.2, 0) is 66.5 Å². The number of hydrogen-bond donors (Lipinski definition) is 4. The van der Waals surface area contributed by atoms with Crippen molar-refractivity contribution in [2.75, 3.05) is 33.0 Å². The van der Waals surface area contributed by atoms with E-state index in [1.54, 1.807) is 0 Å². The Labute approximate surface area is 433 Å². The number of fused-ring (bicyclic) bond motifs is 8. The maximum absolute atomic E-state index is 13.3. The number of ether oxygens (including phenoxy) is 4.